The highest BCUT2D eigenvalue weighted by Crippen LogP contribution is 2.26. The minimum Gasteiger partial charge on any atom is -0.371 e. The van der Waals surface area contributed by atoms with E-state index in [1.165, 1.54) is 5.56 Å². The first-order valence-electron chi connectivity index (χ1n) is 4.87. The summed E-state index contributed by atoms with van der Waals surface area (Å²) in [5.74, 6) is 0. The van der Waals surface area contributed by atoms with E-state index in [4.69, 9.17) is 4.74 Å². The minimum atomic E-state index is 0.182. The second kappa shape index (κ2) is 4.43. The van der Waals surface area contributed by atoms with Gasteiger partial charge in [-0.15, -0.1) is 0 Å². The average molecular weight is 256 g/mol. The van der Waals surface area contributed by atoms with Crippen LogP contribution in [-0.4, -0.2) is 19.2 Å². The molecule has 2 nitrogen and oxygen atoms in total. The van der Waals surface area contributed by atoms with Crippen LogP contribution in [0.1, 0.15) is 18.6 Å². The van der Waals surface area contributed by atoms with E-state index in [1.54, 1.807) is 0 Å². The van der Waals surface area contributed by atoms with Gasteiger partial charge in [-0.25, -0.2) is 0 Å². The average Bonchev–Trinajstić information content (AvgIpc) is 2.20. The van der Waals surface area contributed by atoms with Gasteiger partial charge >= 0.3 is 0 Å². The van der Waals surface area contributed by atoms with Crippen molar-refractivity contribution < 1.29 is 4.74 Å². The fourth-order valence-corrected chi connectivity index (χ4v) is 2.16. The van der Waals surface area contributed by atoms with Gasteiger partial charge in [-0.2, -0.15) is 0 Å². The van der Waals surface area contributed by atoms with Gasteiger partial charge in [0.05, 0.1) is 12.7 Å². The third kappa shape index (κ3) is 2.16. The number of benzene rings is 1. The van der Waals surface area contributed by atoms with Crippen LogP contribution in [0.2, 0.25) is 0 Å². The zero-order chi connectivity index (χ0) is 9.97. The molecule has 1 N–H and O–H groups in total. The summed E-state index contributed by atoms with van der Waals surface area (Å²) in [5.41, 5.74) is 1.23. The summed E-state index contributed by atoms with van der Waals surface area (Å²) in [6, 6.07) is 8.69. The molecule has 76 valence electrons. The summed E-state index contributed by atoms with van der Waals surface area (Å²) in [7, 11) is 0. The number of rotatable bonds is 1. The van der Waals surface area contributed by atoms with E-state index >= 15 is 0 Å². The van der Waals surface area contributed by atoms with Crippen molar-refractivity contribution >= 4 is 15.9 Å². The molecule has 0 saturated carbocycles. The maximum atomic E-state index is 5.76. The quantitative estimate of drug-likeness (QED) is 0.833. The zero-order valence-corrected chi connectivity index (χ0v) is 9.75. The van der Waals surface area contributed by atoms with E-state index < -0.39 is 0 Å². The molecular weight excluding hydrogens is 242 g/mol. The van der Waals surface area contributed by atoms with E-state index in [9.17, 15) is 0 Å². The Morgan fingerprint density at radius 3 is 2.86 bits per heavy atom. The SMILES string of the molecule is CC1COC(c2ccccc2Br)CN1. The Morgan fingerprint density at radius 1 is 1.43 bits per heavy atom. The summed E-state index contributed by atoms with van der Waals surface area (Å²) >= 11 is 3.54. The van der Waals surface area contributed by atoms with Crippen LogP contribution in [0.3, 0.4) is 0 Å². The van der Waals surface area contributed by atoms with Gasteiger partial charge in [0, 0.05) is 17.1 Å². The molecule has 0 spiro atoms. The zero-order valence-electron chi connectivity index (χ0n) is 8.16. The van der Waals surface area contributed by atoms with Crippen LogP contribution in [0.4, 0.5) is 0 Å². The molecule has 1 aliphatic heterocycles. The number of hydrogen-bond acceptors (Lipinski definition) is 2. The Balaban J connectivity index is 2.12. The monoisotopic (exact) mass is 255 g/mol. The fraction of sp³-hybridized carbons (Fsp3) is 0.455. The van der Waals surface area contributed by atoms with E-state index in [2.05, 4.69) is 40.3 Å². The molecule has 2 rings (SSSR count). The molecule has 1 aromatic carbocycles. The lowest BCUT2D eigenvalue weighted by Gasteiger charge is -2.29. The first-order valence-corrected chi connectivity index (χ1v) is 5.66. The highest BCUT2D eigenvalue weighted by molar-refractivity contribution is 9.10. The molecule has 0 radical (unpaired) electrons. The van der Waals surface area contributed by atoms with Crippen molar-refractivity contribution in [3.05, 3.63) is 34.3 Å². The van der Waals surface area contributed by atoms with E-state index in [0.29, 0.717) is 6.04 Å². The van der Waals surface area contributed by atoms with Crippen LogP contribution in [0.5, 0.6) is 0 Å². The third-order valence-corrected chi connectivity index (χ3v) is 3.17. The first kappa shape index (κ1) is 10.1. The second-order valence-electron chi connectivity index (χ2n) is 3.65. The van der Waals surface area contributed by atoms with Crippen molar-refractivity contribution in [3.63, 3.8) is 0 Å². The van der Waals surface area contributed by atoms with Crippen LogP contribution < -0.4 is 5.32 Å². The van der Waals surface area contributed by atoms with Gasteiger partial charge in [-0.1, -0.05) is 34.1 Å². The van der Waals surface area contributed by atoms with Crippen LogP contribution in [-0.2, 0) is 4.74 Å². The Hall–Kier alpha value is -0.380. The summed E-state index contributed by atoms with van der Waals surface area (Å²) in [6.07, 6.45) is 0.182. The van der Waals surface area contributed by atoms with Crippen molar-refractivity contribution in [1.29, 1.82) is 0 Å². The summed E-state index contributed by atoms with van der Waals surface area (Å²) < 4.78 is 6.89. The van der Waals surface area contributed by atoms with Crippen LogP contribution >= 0.6 is 15.9 Å². The van der Waals surface area contributed by atoms with Crippen molar-refractivity contribution in [2.24, 2.45) is 0 Å². The van der Waals surface area contributed by atoms with Crippen molar-refractivity contribution in [3.8, 4) is 0 Å². The molecule has 1 aromatic rings. The van der Waals surface area contributed by atoms with Gasteiger partial charge in [-0.05, 0) is 18.6 Å². The van der Waals surface area contributed by atoms with Crippen LogP contribution in [0, 0.1) is 0 Å². The molecule has 0 aliphatic carbocycles. The Morgan fingerprint density at radius 2 is 2.21 bits per heavy atom. The Labute approximate surface area is 92.8 Å². The predicted octanol–water partition coefficient (Wildman–Crippen LogP) is 2.50. The lowest BCUT2D eigenvalue weighted by Crippen LogP contribution is -2.40. The van der Waals surface area contributed by atoms with Gasteiger partial charge in [0.2, 0.25) is 0 Å². The fourth-order valence-electron chi connectivity index (χ4n) is 1.62. The predicted molar refractivity (Wildman–Crippen MR) is 60.3 cm³/mol. The summed E-state index contributed by atoms with van der Waals surface area (Å²) in [6.45, 7) is 3.81. The number of halogens is 1. The van der Waals surface area contributed by atoms with Gasteiger partial charge in [0.25, 0.3) is 0 Å². The molecule has 1 aliphatic rings. The molecule has 3 heteroatoms. The van der Waals surface area contributed by atoms with E-state index in [-0.39, 0.29) is 6.10 Å². The van der Waals surface area contributed by atoms with Crippen molar-refractivity contribution in [2.45, 2.75) is 19.1 Å². The van der Waals surface area contributed by atoms with Gasteiger partial charge < -0.3 is 10.1 Å². The molecular formula is C11H14BrNO. The topological polar surface area (TPSA) is 21.3 Å². The Kier molecular flexibility index (Phi) is 3.21. The lowest BCUT2D eigenvalue weighted by atomic mass is 10.1. The molecule has 1 saturated heterocycles. The molecule has 2 atom stereocenters. The maximum absolute atomic E-state index is 5.76. The molecule has 14 heavy (non-hydrogen) atoms. The van der Waals surface area contributed by atoms with Crippen molar-refractivity contribution in [1.82, 2.24) is 5.32 Å². The van der Waals surface area contributed by atoms with Gasteiger partial charge in [0.1, 0.15) is 0 Å². The molecule has 1 fully saturated rings. The largest absolute Gasteiger partial charge is 0.371 e. The second-order valence-corrected chi connectivity index (χ2v) is 4.51. The normalized spacial score (nSPS) is 27.6. The minimum absolute atomic E-state index is 0.182. The third-order valence-electron chi connectivity index (χ3n) is 2.45. The number of morpholine rings is 1. The van der Waals surface area contributed by atoms with Gasteiger partial charge in [-0.3, -0.25) is 0 Å². The summed E-state index contributed by atoms with van der Waals surface area (Å²) in [4.78, 5) is 0. The number of nitrogens with one attached hydrogen (secondary N) is 1. The number of ether oxygens (including phenoxy) is 1. The molecule has 0 aromatic heterocycles. The number of hydrogen-bond donors (Lipinski definition) is 1. The van der Waals surface area contributed by atoms with E-state index in [1.807, 2.05) is 12.1 Å². The lowest BCUT2D eigenvalue weighted by molar-refractivity contribution is 0.00656. The maximum Gasteiger partial charge on any atom is 0.0960 e. The van der Waals surface area contributed by atoms with Crippen LogP contribution in [0.15, 0.2) is 28.7 Å². The molecule has 0 amide bonds. The highest BCUT2D eigenvalue weighted by Gasteiger charge is 2.20. The molecule has 2 unspecified atom stereocenters. The standard InChI is InChI=1S/C11H14BrNO/c1-8-7-14-11(6-13-8)9-4-2-3-5-10(9)12/h2-5,8,11,13H,6-7H2,1H3. The van der Waals surface area contributed by atoms with Crippen molar-refractivity contribution in [2.75, 3.05) is 13.2 Å². The molecule has 0 bridgehead atoms. The highest BCUT2D eigenvalue weighted by atomic mass is 79.9. The summed E-state index contributed by atoms with van der Waals surface area (Å²) in [5, 5.41) is 3.41. The first-order chi connectivity index (χ1) is 6.77. The van der Waals surface area contributed by atoms with Gasteiger partial charge in [0.15, 0.2) is 0 Å². The van der Waals surface area contributed by atoms with E-state index in [0.717, 1.165) is 17.6 Å². The van der Waals surface area contributed by atoms with Crippen LogP contribution in [0.25, 0.3) is 0 Å². The molecule has 1 heterocycles. The Bertz CT molecular complexity index is 308. The smallest absolute Gasteiger partial charge is 0.0960 e.